The molecule has 2 rings (SSSR count). The molecule has 0 atom stereocenters. The SMILES string of the molecule is C[Si](C)(C)CCOCn1ccc2ncnc(Cl)c21. The van der Waals surface area contributed by atoms with Crippen molar-refractivity contribution in [1.82, 2.24) is 14.5 Å². The van der Waals surface area contributed by atoms with E-state index in [1.807, 2.05) is 16.8 Å². The summed E-state index contributed by atoms with van der Waals surface area (Å²) in [5, 5.41) is 0.471. The first kappa shape index (κ1) is 13.5. The third-order valence-electron chi connectivity index (χ3n) is 2.73. The van der Waals surface area contributed by atoms with E-state index in [2.05, 4.69) is 29.6 Å². The number of fused-ring (bicyclic) bond motifs is 1. The second kappa shape index (κ2) is 5.38. The van der Waals surface area contributed by atoms with Crippen molar-refractivity contribution < 1.29 is 4.74 Å². The van der Waals surface area contributed by atoms with Crippen LogP contribution in [0.5, 0.6) is 0 Å². The predicted molar refractivity (Wildman–Crippen MR) is 76.6 cm³/mol. The van der Waals surface area contributed by atoms with Gasteiger partial charge in [-0.2, -0.15) is 0 Å². The Labute approximate surface area is 113 Å². The van der Waals surface area contributed by atoms with Crippen LogP contribution >= 0.6 is 11.6 Å². The molecular formula is C12H18ClN3OSi. The molecule has 0 N–H and O–H groups in total. The average molecular weight is 284 g/mol. The summed E-state index contributed by atoms with van der Waals surface area (Å²) in [5.41, 5.74) is 1.69. The Bertz CT molecular complexity index is 536. The van der Waals surface area contributed by atoms with Crippen LogP contribution in [0.2, 0.25) is 30.8 Å². The van der Waals surface area contributed by atoms with Crippen LogP contribution in [0, 0.1) is 0 Å². The predicted octanol–water partition coefficient (Wildman–Crippen LogP) is 3.40. The molecule has 0 saturated heterocycles. The normalized spacial score (nSPS) is 12.2. The van der Waals surface area contributed by atoms with Crippen LogP contribution in [0.15, 0.2) is 18.6 Å². The monoisotopic (exact) mass is 283 g/mol. The lowest BCUT2D eigenvalue weighted by Gasteiger charge is -2.15. The minimum Gasteiger partial charge on any atom is -0.361 e. The van der Waals surface area contributed by atoms with E-state index in [0.29, 0.717) is 11.9 Å². The third-order valence-corrected chi connectivity index (χ3v) is 4.71. The fraction of sp³-hybridized carbons (Fsp3) is 0.500. The molecule has 2 aromatic heterocycles. The van der Waals surface area contributed by atoms with Crippen LogP contribution in [0.1, 0.15) is 0 Å². The maximum atomic E-state index is 6.07. The first-order chi connectivity index (χ1) is 8.47. The number of rotatable bonds is 5. The molecule has 0 amide bonds. The largest absolute Gasteiger partial charge is 0.361 e. The van der Waals surface area contributed by atoms with Crippen molar-refractivity contribution in [3.05, 3.63) is 23.7 Å². The smallest absolute Gasteiger partial charge is 0.156 e. The van der Waals surface area contributed by atoms with E-state index < -0.39 is 8.07 Å². The zero-order valence-corrected chi connectivity index (χ0v) is 12.7. The lowest BCUT2D eigenvalue weighted by atomic mass is 10.5. The van der Waals surface area contributed by atoms with Crippen molar-refractivity contribution in [1.29, 1.82) is 0 Å². The lowest BCUT2D eigenvalue weighted by molar-refractivity contribution is 0.0902. The topological polar surface area (TPSA) is 39.9 Å². The Morgan fingerprint density at radius 3 is 2.83 bits per heavy atom. The second-order valence-corrected chi connectivity index (χ2v) is 11.5. The maximum Gasteiger partial charge on any atom is 0.156 e. The summed E-state index contributed by atoms with van der Waals surface area (Å²) in [6, 6.07) is 3.08. The molecule has 0 aliphatic carbocycles. The van der Waals surface area contributed by atoms with E-state index in [1.165, 1.54) is 6.33 Å². The summed E-state index contributed by atoms with van der Waals surface area (Å²) in [6.45, 7) is 8.31. The Kier molecular flexibility index (Phi) is 4.04. The first-order valence-electron chi connectivity index (χ1n) is 6.00. The molecule has 0 radical (unpaired) electrons. The van der Waals surface area contributed by atoms with Crippen molar-refractivity contribution in [3.63, 3.8) is 0 Å². The standard InChI is InChI=1S/C12H18ClN3OSi/c1-18(2,3)7-6-17-9-16-5-4-10-11(16)12(13)15-8-14-10/h4-5,8H,6-7,9H2,1-3H3. The number of hydrogen-bond acceptors (Lipinski definition) is 3. The minimum atomic E-state index is -1.03. The highest BCUT2D eigenvalue weighted by molar-refractivity contribution is 6.76. The summed E-state index contributed by atoms with van der Waals surface area (Å²) in [7, 11) is -1.03. The maximum absolute atomic E-state index is 6.07. The van der Waals surface area contributed by atoms with Gasteiger partial charge in [0.1, 0.15) is 18.6 Å². The highest BCUT2D eigenvalue weighted by Crippen LogP contribution is 2.20. The van der Waals surface area contributed by atoms with Crippen molar-refractivity contribution in [2.24, 2.45) is 0 Å². The molecule has 0 unspecified atom stereocenters. The molecule has 0 aliphatic rings. The van der Waals surface area contributed by atoms with Gasteiger partial charge in [0.25, 0.3) is 0 Å². The zero-order chi connectivity index (χ0) is 13.2. The summed E-state index contributed by atoms with van der Waals surface area (Å²) < 4.78 is 7.65. The zero-order valence-electron chi connectivity index (χ0n) is 11.0. The van der Waals surface area contributed by atoms with Crippen LogP contribution < -0.4 is 0 Å². The van der Waals surface area contributed by atoms with Crippen molar-refractivity contribution in [3.8, 4) is 0 Å². The molecule has 18 heavy (non-hydrogen) atoms. The fourth-order valence-corrected chi connectivity index (χ4v) is 2.65. The van der Waals surface area contributed by atoms with Crippen LogP contribution in [0.4, 0.5) is 0 Å². The molecule has 0 fully saturated rings. The Balaban J connectivity index is 2.00. The highest BCUT2D eigenvalue weighted by atomic mass is 35.5. The van der Waals surface area contributed by atoms with Crippen LogP contribution in [0.25, 0.3) is 11.0 Å². The highest BCUT2D eigenvalue weighted by Gasteiger charge is 2.12. The van der Waals surface area contributed by atoms with Crippen LogP contribution in [0.3, 0.4) is 0 Å². The Hall–Kier alpha value is -0.913. The molecule has 6 heteroatoms. The van der Waals surface area contributed by atoms with E-state index >= 15 is 0 Å². The van der Waals surface area contributed by atoms with Gasteiger partial charge in [-0.1, -0.05) is 31.2 Å². The summed E-state index contributed by atoms with van der Waals surface area (Å²) in [4.78, 5) is 8.16. The molecule has 0 saturated carbocycles. The molecule has 0 aromatic carbocycles. The Morgan fingerprint density at radius 1 is 1.33 bits per heavy atom. The van der Waals surface area contributed by atoms with E-state index in [0.717, 1.165) is 23.7 Å². The molecule has 2 aromatic rings. The van der Waals surface area contributed by atoms with E-state index in [-0.39, 0.29) is 0 Å². The lowest BCUT2D eigenvalue weighted by Crippen LogP contribution is -2.22. The number of ether oxygens (including phenoxy) is 1. The van der Waals surface area contributed by atoms with Gasteiger partial charge in [0.2, 0.25) is 0 Å². The minimum absolute atomic E-state index is 0.471. The van der Waals surface area contributed by atoms with E-state index in [1.54, 1.807) is 0 Å². The number of nitrogens with zero attached hydrogens (tertiary/aromatic N) is 3. The fourth-order valence-electron chi connectivity index (χ4n) is 1.64. The van der Waals surface area contributed by atoms with Crippen LogP contribution in [-0.2, 0) is 11.5 Å². The van der Waals surface area contributed by atoms with E-state index in [4.69, 9.17) is 16.3 Å². The molecule has 0 spiro atoms. The molecule has 0 bridgehead atoms. The van der Waals surface area contributed by atoms with Gasteiger partial charge in [-0.05, 0) is 12.1 Å². The summed E-state index contributed by atoms with van der Waals surface area (Å²) in [6.07, 6.45) is 3.40. The molecular weight excluding hydrogens is 266 g/mol. The van der Waals surface area contributed by atoms with Gasteiger partial charge >= 0.3 is 0 Å². The van der Waals surface area contributed by atoms with Gasteiger partial charge in [-0.3, -0.25) is 0 Å². The van der Waals surface area contributed by atoms with Crippen molar-refractivity contribution >= 4 is 30.7 Å². The number of aromatic nitrogens is 3. The number of halogens is 1. The third kappa shape index (κ3) is 3.31. The quantitative estimate of drug-likeness (QED) is 0.480. The summed E-state index contributed by atoms with van der Waals surface area (Å²) >= 11 is 6.07. The Morgan fingerprint density at radius 2 is 2.11 bits per heavy atom. The van der Waals surface area contributed by atoms with Crippen molar-refractivity contribution in [2.45, 2.75) is 32.4 Å². The van der Waals surface area contributed by atoms with E-state index in [9.17, 15) is 0 Å². The molecule has 0 aliphatic heterocycles. The van der Waals surface area contributed by atoms with Crippen molar-refractivity contribution in [2.75, 3.05) is 6.61 Å². The average Bonchev–Trinajstić information content (AvgIpc) is 2.68. The van der Waals surface area contributed by atoms with Gasteiger partial charge in [0.05, 0.1) is 5.52 Å². The first-order valence-corrected chi connectivity index (χ1v) is 10.1. The van der Waals surface area contributed by atoms with Gasteiger partial charge in [-0.15, -0.1) is 0 Å². The molecule has 98 valence electrons. The van der Waals surface area contributed by atoms with Gasteiger partial charge < -0.3 is 9.30 Å². The summed E-state index contributed by atoms with van der Waals surface area (Å²) in [5.74, 6) is 0. The number of hydrogen-bond donors (Lipinski definition) is 0. The van der Waals surface area contributed by atoms with Crippen LogP contribution in [-0.4, -0.2) is 29.2 Å². The molecule has 2 heterocycles. The molecule has 4 nitrogen and oxygen atoms in total. The van der Waals surface area contributed by atoms with Gasteiger partial charge in [0.15, 0.2) is 5.15 Å². The second-order valence-electron chi connectivity index (χ2n) is 5.53. The van der Waals surface area contributed by atoms with Gasteiger partial charge in [0, 0.05) is 20.9 Å². The van der Waals surface area contributed by atoms with Gasteiger partial charge in [-0.25, -0.2) is 9.97 Å².